The highest BCUT2D eigenvalue weighted by atomic mass is 32.1. The van der Waals surface area contributed by atoms with Crippen molar-refractivity contribution in [1.29, 1.82) is 0 Å². The minimum atomic E-state index is -0.734. The number of methoxy groups -OCH3 is 1. The summed E-state index contributed by atoms with van der Waals surface area (Å²) in [5, 5.41) is 10.9. The molecule has 2 aromatic carbocycles. The van der Waals surface area contributed by atoms with Crippen molar-refractivity contribution in [2.75, 3.05) is 7.11 Å². The summed E-state index contributed by atoms with van der Waals surface area (Å²) in [5.74, 6) is 0.109. The molecule has 0 aliphatic carbocycles. The Morgan fingerprint density at radius 1 is 1.17 bits per heavy atom. The summed E-state index contributed by atoms with van der Waals surface area (Å²) in [7, 11) is 1.56. The van der Waals surface area contributed by atoms with Crippen molar-refractivity contribution in [2.45, 2.75) is 32.9 Å². The summed E-state index contributed by atoms with van der Waals surface area (Å²) in [6, 6.07) is 12.3. The van der Waals surface area contributed by atoms with Gasteiger partial charge in [0.25, 0.3) is 11.2 Å². The van der Waals surface area contributed by atoms with E-state index in [0.717, 1.165) is 0 Å². The van der Waals surface area contributed by atoms with Crippen molar-refractivity contribution in [1.82, 2.24) is 4.57 Å². The Hall–Kier alpha value is -4.05. The summed E-state index contributed by atoms with van der Waals surface area (Å²) in [6.07, 6.45) is 1.32. The van der Waals surface area contributed by atoms with Gasteiger partial charge in [0.05, 0.1) is 40.0 Å². The van der Waals surface area contributed by atoms with Crippen LogP contribution < -0.4 is 19.6 Å². The molecule has 1 aliphatic heterocycles. The molecule has 9 nitrogen and oxygen atoms in total. The quantitative estimate of drug-likeness (QED) is 0.296. The van der Waals surface area contributed by atoms with Gasteiger partial charge in [0.2, 0.25) is 0 Å². The molecule has 0 bridgehead atoms. The van der Waals surface area contributed by atoms with Crippen molar-refractivity contribution in [3.8, 4) is 5.75 Å². The second-order valence-corrected chi connectivity index (χ2v) is 9.17. The fourth-order valence-corrected chi connectivity index (χ4v) is 4.85. The fraction of sp³-hybridized carbons (Fsp3) is 0.240. The number of benzene rings is 2. The Morgan fingerprint density at radius 2 is 1.83 bits per heavy atom. The predicted molar refractivity (Wildman–Crippen MR) is 131 cm³/mol. The van der Waals surface area contributed by atoms with Crippen molar-refractivity contribution >= 4 is 29.1 Å². The van der Waals surface area contributed by atoms with Gasteiger partial charge in [-0.3, -0.25) is 19.5 Å². The number of non-ortho nitro benzene ring substituents is 1. The molecular weight excluding hydrogens is 470 g/mol. The van der Waals surface area contributed by atoms with Crippen LogP contribution in [0.4, 0.5) is 5.69 Å². The number of rotatable bonds is 6. The first-order valence-corrected chi connectivity index (χ1v) is 11.6. The third-order valence-electron chi connectivity index (χ3n) is 5.42. The molecule has 0 fully saturated rings. The Bertz CT molecular complexity index is 1500. The molecule has 0 saturated heterocycles. The molecule has 0 amide bonds. The number of nitro benzene ring substituents is 1. The molecule has 0 saturated carbocycles. The molecule has 2 heterocycles. The first-order valence-electron chi connectivity index (χ1n) is 10.8. The number of fused-ring (bicyclic) bond motifs is 1. The number of carbonyl (C=O) groups is 1. The molecule has 0 radical (unpaired) electrons. The second kappa shape index (κ2) is 9.67. The smallest absolute Gasteiger partial charge is 0.338 e. The third kappa shape index (κ3) is 4.78. The van der Waals surface area contributed by atoms with Crippen LogP contribution >= 0.6 is 11.3 Å². The van der Waals surface area contributed by atoms with Crippen molar-refractivity contribution < 1.29 is 19.2 Å². The van der Waals surface area contributed by atoms with Gasteiger partial charge in [-0.25, -0.2) is 9.79 Å². The van der Waals surface area contributed by atoms with E-state index in [1.807, 2.05) is 0 Å². The van der Waals surface area contributed by atoms with Gasteiger partial charge in [-0.05, 0) is 62.2 Å². The van der Waals surface area contributed by atoms with E-state index in [9.17, 15) is 19.7 Å². The van der Waals surface area contributed by atoms with Gasteiger partial charge in [0.15, 0.2) is 4.80 Å². The maximum atomic E-state index is 13.6. The van der Waals surface area contributed by atoms with Crippen LogP contribution in [0.2, 0.25) is 0 Å². The average molecular weight is 494 g/mol. The number of allylic oxidation sites excluding steroid dienone is 1. The first kappa shape index (κ1) is 24.1. The lowest BCUT2D eigenvalue weighted by atomic mass is 9.96. The monoisotopic (exact) mass is 493 g/mol. The van der Waals surface area contributed by atoms with Crippen molar-refractivity contribution in [3.63, 3.8) is 0 Å². The highest BCUT2D eigenvalue weighted by Gasteiger charge is 2.33. The van der Waals surface area contributed by atoms with E-state index in [4.69, 9.17) is 9.47 Å². The van der Waals surface area contributed by atoms with E-state index in [2.05, 4.69) is 4.99 Å². The van der Waals surface area contributed by atoms with Gasteiger partial charge < -0.3 is 9.47 Å². The minimum Gasteiger partial charge on any atom is -0.497 e. The van der Waals surface area contributed by atoms with Crippen molar-refractivity contribution in [2.24, 2.45) is 4.99 Å². The standard InChI is InChI=1S/C25H23N3O6S/c1-14(2)34-24(30)21-15(3)26-25-27(22(21)17-7-11-19(33-4)12-8-17)23(29)20(35-25)13-16-5-9-18(10-6-16)28(31)32/h5-14,22H,1-4H3/b20-13+/t22-/m1/s1. The Morgan fingerprint density at radius 3 is 2.40 bits per heavy atom. The number of carbonyl (C=O) groups excluding carboxylic acids is 1. The minimum absolute atomic E-state index is 0.0351. The molecule has 1 aliphatic rings. The van der Waals surface area contributed by atoms with Gasteiger partial charge in [0, 0.05) is 12.1 Å². The molecule has 1 aromatic heterocycles. The Kier molecular flexibility index (Phi) is 6.65. The molecule has 180 valence electrons. The number of thiazole rings is 1. The summed E-state index contributed by atoms with van der Waals surface area (Å²) in [6.45, 7) is 5.24. The van der Waals surface area contributed by atoms with Gasteiger partial charge in [0.1, 0.15) is 5.75 Å². The number of esters is 1. The lowest BCUT2D eigenvalue weighted by molar-refractivity contribution is -0.384. The maximum absolute atomic E-state index is 13.6. The second-order valence-electron chi connectivity index (χ2n) is 8.16. The van der Waals surface area contributed by atoms with E-state index in [0.29, 0.717) is 31.9 Å². The molecule has 10 heteroatoms. The average Bonchev–Trinajstić information content (AvgIpc) is 3.12. The predicted octanol–water partition coefficient (Wildman–Crippen LogP) is 3.10. The normalized spacial score (nSPS) is 15.6. The first-order chi connectivity index (χ1) is 16.7. The molecule has 0 unspecified atom stereocenters. The highest BCUT2D eigenvalue weighted by Crippen LogP contribution is 2.31. The van der Waals surface area contributed by atoms with Gasteiger partial charge >= 0.3 is 5.97 Å². The summed E-state index contributed by atoms with van der Waals surface area (Å²) < 4.78 is 12.6. The number of nitrogens with zero attached hydrogens (tertiary/aromatic N) is 3. The topological polar surface area (TPSA) is 113 Å². The summed E-state index contributed by atoms with van der Waals surface area (Å²) in [5.41, 5.74) is 1.75. The van der Waals surface area contributed by atoms with Gasteiger partial charge in [-0.1, -0.05) is 23.5 Å². The molecule has 4 rings (SSSR count). The van der Waals surface area contributed by atoms with Crippen LogP contribution in [-0.2, 0) is 9.53 Å². The van der Waals surface area contributed by atoms with E-state index >= 15 is 0 Å². The number of aromatic nitrogens is 1. The lowest BCUT2D eigenvalue weighted by Crippen LogP contribution is -2.40. The van der Waals surface area contributed by atoms with Crippen LogP contribution in [0.15, 0.2) is 69.6 Å². The van der Waals surface area contributed by atoms with Crippen LogP contribution in [-0.4, -0.2) is 28.7 Å². The maximum Gasteiger partial charge on any atom is 0.338 e. The lowest BCUT2D eigenvalue weighted by Gasteiger charge is -2.25. The molecule has 0 N–H and O–H groups in total. The molecule has 35 heavy (non-hydrogen) atoms. The van der Waals surface area contributed by atoms with Crippen LogP contribution in [0.25, 0.3) is 6.08 Å². The van der Waals surface area contributed by atoms with Crippen LogP contribution in [0.5, 0.6) is 5.75 Å². The largest absolute Gasteiger partial charge is 0.497 e. The SMILES string of the molecule is COc1ccc([C@@H]2C(C(=O)OC(C)C)=C(C)N=c3s/c(=C/c4ccc([N+](=O)[O-])cc4)c(=O)n32)cc1. The Balaban J connectivity index is 1.89. The van der Waals surface area contributed by atoms with E-state index in [1.54, 1.807) is 70.4 Å². The zero-order valence-corrected chi connectivity index (χ0v) is 20.4. The number of nitro groups is 1. The van der Waals surface area contributed by atoms with E-state index in [1.165, 1.54) is 28.0 Å². The number of hydrogen-bond donors (Lipinski definition) is 0. The molecule has 3 aromatic rings. The summed E-state index contributed by atoms with van der Waals surface area (Å²) >= 11 is 1.19. The molecular formula is C25H23N3O6S. The zero-order chi connectivity index (χ0) is 25.3. The van der Waals surface area contributed by atoms with E-state index < -0.39 is 16.9 Å². The van der Waals surface area contributed by atoms with Crippen LogP contribution in [0.1, 0.15) is 37.9 Å². The summed E-state index contributed by atoms with van der Waals surface area (Å²) in [4.78, 5) is 42.1. The van der Waals surface area contributed by atoms with E-state index in [-0.39, 0.29) is 22.9 Å². The Labute approximate surface area is 204 Å². The zero-order valence-electron chi connectivity index (χ0n) is 19.6. The number of hydrogen-bond acceptors (Lipinski definition) is 8. The molecule has 0 spiro atoms. The fourth-order valence-electron chi connectivity index (χ4n) is 3.81. The third-order valence-corrected chi connectivity index (χ3v) is 6.40. The number of ether oxygens (including phenoxy) is 2. The highest BCUT2D eigenvalue weighted by molar-refractivity contribution is 7.07. The van der Waals surface area contributed by atoms with Crippen LogP contribution in [0, 0.1) is 10.1 Å². The van der Waals surface area contributed by atoms with Gasteiger partial charge in [-0.15, -0.1) is 0 Å². The van der Waals surface area contributed by atoms with Crippen LogP contribution in [0.3, 0.4) is 0 Å². The van der Waals surface area contributed by atoms with Gasteiger partial charge in [-0.2, -0.15) is 0 Å². The van der Waals surface area contributed by atoms with Crippen molar-refractivity contribution in [3.05, 3.63) is 101 Å². The molecule has 1 atom stereocenters.